The van der Waals surface area contributed by atoms with Gasteiger partial charge in [-0.2, -0.15) is 0 Å². The van der Waals surface area contributed by atoms with Crippen LogP contribution < -0.4 is 0 Å². The molecule has 0 saturated heterocycles. The van der Waals surface area contributed by atoms with E-state index in [2.05, 4.69) is 0 Å². The lowest BCUT2D eigenvalue weighted by atomic mass is 9.89. The third-order valence-corrected chi connectivity index (χ3v) is 6.50. The molecule has 0 spiro atoms. The van der Waals surface area contributed by atoms with Crippen LogP contribution in [0, 0.1) is 11.8 Å². The van der Waals surface area contributed by atoms with Crippen LogP contribution in [0.5, 0.6) is 0 Å². The predicted molar refractivity (Wildman–Crippen MR) is 113 cm³/mol. The van der Waals surface area contributed by atoms with Crippen LogP contribution in [-0.2, 0) is 9.59 Å². The molecule has 1 aliphatic carbocycles. The van der Waals surface area contributed by atoms with E-state index >= 15 is 0 Å². The van der Waals surface area contributed by atoms with E-state index < -0.39 is 42.0 Å². The summed E-state index contributed by atoms with van der Waals surface area (Å²) in [5, 5.41) is 20.1. The summed E-state index contributed by atoms with van der Waals surface area (Å²) in [5.74, 6) is -6.62. The van der Waals surface area contributed by atoms with Crippen LogP contribution in [0.15, 0.2) is 54.6 Å². The third kappa shape index (κ3) is 5.40. The number of alkyl halides is 2. The molecular weight excluding hydrogens is 410 g/mol. The molecule has 1 fully saturated rings. The maximum absolute atomic E-state index is 14.4. The second-order valence-corrected chi connectivity index (χ2v) is 8.66. The normalized spacial score (nSPS) is 22.4. The second-order valence-electron chi connectivity index (χ2n) is 7.55. The molecule has 4 nitrogen and oxygen atoms in total. The lowest BCUT2D eigenvalue weighted by molar-refractivity contribution is -0.137. The van der Waals surface area contributed by atoms with Crippen molar-refractivity contribution in [2.45, 2.75) is 44.1 Å². The van der Waals surface area contributed by atoms with Gasteiger partial charge < -0.3 is 10.2 Å². The number of fused-ring (bicyclic) bond motifs is 1. The van der Waals surface area contributed by atoms with Gasteiger partial charge in [0.05, 0.1) is 6.42 Å². The highest BCUT2D eigenvalue weighted by molar-refractivity contribution is 7.19. The number of rotatable bonds is 9. The number of aliphatic carboxylic acids is 1. The molecular formula is C23H24F2O4S. The van der Waals surface area contributed by atoms with E-state index in [-0.39, 0.29) is 12.8 Å². The molecule has 160 valence electrons. The maximum Gasteiger partial charge on any atom is 0.303 e. The number of aliphatic hydroxyl groups is 1. The van der Waals surface area contributed by atoms with Gasteiger partial charge in [0.25, 0.3) is 5.92 Å². The lowest BCUT2D eigenvalue weighted by Gasteiger charge is -2.20. The van der Waals surface area contributed by atoms with E-state index in [1.54, 1.807) is 12.2 Å². The number of hydrogen-bond donors (Lipinski definition) is 2. The Bertz CT molecular complexity index is 930. The predicted octanol–water partition coefficient (Wildman–Crippen LogP) is 5.53. The fraction of sp³-hybridized carbons (Fsp3) is 0.391. The number of hydrogen-bond acceptors (Lipinski definition) is 4. The number of aliphatic hydroxyl groups excluding tert-OH is 1. The van der Waals surface area contributed by atoms with E-state index in [0.29, 0.717) is 17.7 Å². The molecule has 2 aromatic rings. The Morgan fingerprint density at radius 2 is 2.07 bits per heavy atom. The fourth-order valence-electron chi connectivity index (χ4n) is 3.73. The highest BCUT2D eigenvalue weighted by Gasteiger charge is 2.53. The largest absolute Gasteiger partial charge is 0.481 e. The topological polar surface area (TPSA) is 74.6 Å². The van der Waals surface area contributed by atoms with Crippen LogP contribution in [0.4, 0.5) is 8.78 Å². The first kappa shape index (κ1) is 22.3. The maximum atomic E-state index is 14.4. The molecule has 3 atom stereocenters. The summed E-state index contributed by atoms with van der Waals surface area (Å²) in [5.41, 5.74) is 0. The minimum absolute atomic E-state index is 0.0276. The van der Waals surface area contributed by atoms with E-state index in [1.807, 2.05) is 30.3 Å². The molecule has 7 heteroatoms. The number of carbonyl (C=O) groups is 2. The van der Waals surface area contributed by atoms with E-state index in [9.17, 15) is 23.5 Å². The smallest absolute Gasteiger partial charge is 0.303 e. The van der Waals surface area contributed by atoms with Crippen LogP contribution >= 0.6 is 11.3 Å². The monoisotopic (exact) mass is 434 g/mol. The number of thiophene rings is 1. The zero-order valence-electron chi connectivity index (χ0n) is 16.3. The van der Waals surface area contributed by atoms with Crippen molar-refractivity contribution in [1.82, 2.24) is 0 Å². The number of ketones is 1. The Hall–Kier alpha value is -2.38. The van der Waals surface area contributed by atoms with Crippen molar-refractivity contribution in [2.24, 2.45) is 11.8 Å². The second kappa shape index (κ2) is 9.62. The van der Waals surface area contributed by atoms with E-state index in [0.717, 1.165) is 10.1 Å². The Morgan fingerprint density at radius 3 is 2.80 bits per heavy atom. The van der Waals surface area contributed by atoms with Crippen LogP contribution in [0.25, 0.3) is 10.1 Å². The van der Waals surface area contributed by atoms with Gasteiger partial charge in [-0.3, -0.25) is 9.59 Å². The first-order valence-electron chi connectivity index (χ1n) is 9.90. The van der Waals surface area contributed by atoms with E-state index in [4.69, 9.17) is 5.11 Å². The summed E-state index contributed by atoms with van der Waals surface area (Å²) >= 11 is 1.43. The van der Waals surface area contributed by atoms with Crippen LogP contribution in [0.3, 0.4) is 0 Å². The van der Waals surface area contributed by atoms with Gasteiger partial charge >= 0.3 is 5.97 Å². The van der Waals surface area contributed by atoms with Gasteiger partial charge in [0.1, 0.15) is 11.9 Å². The first-order chi connectivity index (χ1) is 14.3. The molecule has 1 aromatic heterocycles. The number of carboxylic acids is 1. The number of Topliss-reactive ketones (excluding diaryl/α,β-unsaturated/α-hetero) is 1. The molecule has 1 aromatic carbocycles. The van der Waals surface area contributed by atoms with Crippen LogP contribution in [-0.4, -0.2) is 27.9 Å². The van der Waals surface area contributed by atoms with Crippen LogP contribution in [0.2, 0.25) is 0 Å². The van der Waals surface area contributed by atoms with Crippen LogP contribution in [0.1, 0.15) is 43.1 Å². The van der Waals surface area contributed by atoms with Crippen molar-refractivity contribution >= 4 is 33.2 Å². The highest BCUT2D eigenvalue weighted by Crippen LogP contribution is 2.45. The Labute approximate surface area is 177 Å². The minimum atomic E-state index is -3.10. The zero-order chi connectivity index (χ0) is 21.7. The van der Waals surface area contributed by atoms with Gasteiger partial charge in [-0.05, 0) is 36.8 Å². The SMILES string of the molecule is O=C(O)CCCC=CC[C@@H]1[C@@H](C=C[C@@H](O)c2cc3ccccc3s2)C(=O)CC1(F)F. The number of benzene rings is 1. The summed E-state index contributed by atoms with van der Waals surface area (Å²) in [4.78, 5) is 23.4. The molecule has 30 heavy (non-hydrogen) atoms. The van der Waals surface area contributed by atoms with Gasteiger partial charge in [-0.15, -0.1) is 11.3 Å². The zero-order valence-corrected chi connectivity index (χ0v) is 17.2. The molecule has 0 radical (unpaired) electrons. The quantitative estimate of drug-likeness (QED) is 0.402. The fourth-order valence-corrected chi connectivity index (χ4v) is 4.76. The summed E-state index contributed by atoms with van der Waals surface area (Å²) in [6, 6.07) is 9.55. The summed E-state index contributed by atoms with van der Waals surface area (Å²) < 4.78 is 29.7. The van der Waals surface area contributed by atoms with Crippen molar-refractivity contribution in [1.29, 1.82) is 0 Å². The molecule has 1 saturated carbocycles. The number of allylic oxidation sites excluding steroid dienone is 3. The number of unbranched alkanes of at least 4 members (excludes halogenated alkanes) is 1. The molecule has 3 rings (SSSR count). The number of carbonyl (C=O) groups excluding carboxylic acids is 1. The van der Waals surface area contributed by atoms with Gasteiger partial charge in [0.15, 0.2) is 0 Å². The minimum Gasteiger partial charge on any atom is -0.481 e. The molecule has 1 heterocycles. The van der Waals surface area contributed by atoms with Crippen molar-refractivity contribution < 1.29 is 28.6 Å². The molecule has 0 bridgehead atoms. The average Bonchev–Trinajstić information content (AvgIpc) is 3.20. The third-order valence-electron chi connectivity index (χ3n) is 5.31. The van der Waals surface area contributed by atoms with Crippen molar-refractivity contribution in [3.8, 4) is 0 Å². The van der Waals surface area contributed by atoms with Gasteiger partial charge in [-0.1, -0.05) is 42.5 Å². The molecule has 1 aliphatic rings. The van der Waals surface area contributed by atoms with E-state index in [1.165, 1.54) is 23.5 Å². The molecule has 2 N–H and O–H groups in total. The number of halogens is 2. The molecule has 0 amide bonds. The summed E-state index contributed by atoms with van der Waals surface area (Å²) in [6.07, 6.45) is 5.37. The van der Waals surface area contributed by atoms with Gasteiger partial charge in [0, 0.05) is 27.8 Å². The van der Waals surface area contributed by atoms with Gasteiger partial charge in [-0.25, -0.2) is 8.78 Å². The molecule has 0 unspecified atom stereocenters. The lowest BCUT2D eigenvalue weighted by Crippen LogP contribution is -2.24. The summed E-state index contributed by atoms with van der Waals surface area (Å²) in [6.45, 7) is 0. The standard InChI is InChI=1S/C23H24F2O4S/c24-23(25)14-19(27)16(17(23)8-3-1-2-4-10-22(28)29)11-12-18(26)21-13-15-7-5-6-9-20(15)30-21/h1,3,5-7,9,11-13,16-18,26H,2,4,8,10,14H2,(H,28,29)/t16-,17-,18-/m1/s1. The summed E-state index contributed by atoms with van der Waals surface area (Å²) in [7, 11) is 0. The van der Waals surface area contributed by atoms with Crippen molar-refractivity contribution in [3.63, 3.8) is 0 Å². The Kier molecular flexibility index (Phi) is 7.15. The van der Waals surface area contributed by atoms with Crippen molar-refractivity contribution in [2.75, 3.05) is 0 Å². The molecule has 0 aliphatic heterocycles. The average molecular weight is 435 g/mol. The Morgan fingerprint density at radius 1 is 1.30 bits per heavy atom. The van der Waals surface area contributed by atoms with Crippen molar-refractivity contribution in [3.05, 3.63) is 59.5 Å². The highest BCUT2D eigenvalue weighted by atomic mass is 32.1. The Balaban J connectivity index is 1.66. The number of carboxylic acid groups (broad SMARTS) is 1. The first-order valence-corrected chi connectivity index (χ1v) is 10.7. The van der Waals surface area contributed by atoms with Gasteiger partial charge in [0.2, 0.25) is 0 Å².